The SMILES string of the molecule is Cc1cc(C(Cl)C2Cc3ccccc3C2)c(C)s1. The zero-order valence-corrected chi connectivity index (χ0v) is 12.3. The Labute approximate surface area is 118 Å². The Hall–Kier alpha value is -0.790. The summed E-state index contributed by atoms with van der Waals surface area (Å²) in [4.78, 5) is 2.74. The molecule has 0 aliphatic heterocycles. The summed E-state index contributed by atoms with van der Waals surface area (Å²) in [6.45, 7) is 4.35. The van der Waals surface area contributed by atoms with Gasteiger partial charge >= 0.3 is 0 Å². The maximum Gasteiger partial charge on any atom is 0.0630 e. The van der Waals surface area contributed by atoms with Crippen LogP contribution in [0.1, 0.15) is 31.8 Å². The second-order valence-corrected chi connectivity index (χ2v) is 7.14. The van der Waals surface area contributed by atoms with Crippen molar-refractivity contribution in [1.82, 2.24) is 0 Å². The quantitative estimate of drug-likeness (QED) is 0.673. The molecule has 1 heterocycles. The summed E-state index contributed by atoms with van der Waals surface area (Å²) in [5.41, 5.74) is 4.31. The fourth-order valence-corrected chi connectivity index (χ4v) is 4.42. The van der Waals surface area contributed by atoms with Gasteiger partial charge in [-0.3, -0.25) is 0 Å². The molecule has 1 aliphatic carbocycles. The Bertz CT molecular complexity index is 545. The average Bonchev–Trinajstić information content (AvgIpc) is 2.91. The van der Waals surface area contributed by atoms with Gasteiger partial charge in [-0.2, -0.15) is 0 Å². The highest BCUT2D eigenvalue weighted by atomic mass is 35.5. The molecule has 1 aromatic heterocycles. The van der Waals surface area contributed by atoms with Crippen molar-refractivity contribution in [2.75, 3.05) is 0 Å². The van der Waals surface area contributed by atoms with Crippen molar-refractivity contribution < 1.29 is 0 Å². The fraction of sp³-hybridized carbons (Fsp3) is 0.375. The van der Waals surface area contributed by atoms with E-state index in [1.165, 1.54) is 26.4 Å². The van der Waals surface area contributed by atoms with E-state index in [0.717, 1.165) is 12.8 Å². The van der Waals surface area contributed by atoms with E-state index >= 15 is 0 Å². The third-order valence-electron chi connectivity index (χ3n) is 3.87. The van der Waals surface area contributed by atoms with Gasteiger partial charge in [0.2, 0.25) is 0 Å². The minimum Gasteiger partial charge on any atom is -0.146 e. The van der Waals surface area contributed by atoms with Gasteiger partial charge in [0.25, 0.3) is 0 Å². The van der Waals surface area contributed by atoms with Crippen LogP contribution in [0.3, 0.4) is 0 Å². The molecule has 0 fully saturated rings. The summed E-state index contributed by atoms with van der Waals surface area (Å²) in [7, 11) is 0. The molecule has 94 valence electrons. The first-order valence-electron chi connectivity index (χ1n) is 6.43. The molecular weight excluding hydrogens is 260 g/mol. The minimum atomic E-state index is 0.155. The van der Waals surface area contributed by atoms with E-state index in [9.17, 15) is 0 Å². The zero-order chi connectivity index (χ0) is 12.7. The monoisotopic (exact) mass is 276 g/mol. The molecule has 0 radical (unpaired) electrons. The number of halogens is 1. The molecular formula is C16H17ClS. The van der Waals surface area contributed by atoms with Crippen LogP contribution in [0.25, 0.3) is 0 Å². The topological polar surface area (TPSA) is 0 Å². The summed E-state index contributed by atoms with van der Waals surface area (Å²) in [5.74, 6) is 0.553. The van der Waals surface area contributed by atoms with Gasteiger partial charge in [-0.1, -0.05) is 24.3 Å². The number of fused-ring (bicyclic) bond motifs is 1. The summed E-state index contributed by atoms with van der Waals surface area (Å²) < 4.78 is 0. The second kappa shape index (κ2) is 4.71. The molecule has 0 nitrogen and oxygen atoms in total. The number of alkyl halides is 1. The molecule has 2 aromatic rings. The predicted molar refractivity (Wildman–Crippen MR) is 79.7 cm³/mol. The molecule has 1 atom stereocenters. The number of aryl methyl sites for hydroxylation is 2. The molecule has 18 heavy (non-hydrogen) atoms. The lowest BCUT2D eigenvalue weighted by Gasteiger charge is -2.16. The van der Waals surface area contributed by atoms with Crippen molar-refractivity contribution in [3.8, 4) is 0 Å². The molecule has 0 amide bonds. The number of rotatable bonds is 2. The van der Waals surface area contributed by atoms with E-state index in [-0.39, 0.29) is 5.38 Å². The van der Waals surface area contributed by atoms with E-state index < -0.39 is 0 Å². The molecule has 1 aromatic carbocycles. The van der Waals surface area contributed by atoms with Crippen LogP contribution in [0.15, 0.2) is 30.3 Å². The number of thiophene rings is 1. The van der Waals surface area contributed by atoms with Crippen LogP contribution in [-0.4, -0.2) is 0 Å². The van der Waals surface area contributed by atoms with Crippen molar-refractivity contribution in [2.24, 2.45) is 5.92 Å². The van der Waals surface area contributed by atoms with Gasteiger partial charge < -0.3 is 0 Å². The molecule has 0 spiro atoms. The molecule has 3 rings (SSSR count). The third kappa shape index (κ3) is 2.10. The van der Waals surface area contributed by atoms with E-state index in [0.29, 0.717) is 5.92 Å². The van der Waals surface area contributed by atoms with Gasteiger partial charge in [-0.25, -0.2) is 0 Å². The largest absolute Gasteiger partial charge is 0.146 e. The van der Waals surface area contributed by atoms with Crippen LogP contribution in [-0.2, 0) is 12.8 Å². The van der Waals surface area contributed by atoms with Crippen molar-refractivity contribution in [2.45, 2.75) is 32.1 Å². The maximum atomic E-state index is 6.73. The third-order valence-corrected chi connectivity index (χ3v) is 5.45. The highest BCUT2D eigenvalue weighted by Gasteiger charge is 2.29. The summed E-state index contributed by atoms with van der Waals surface area (Å²) in [5, 5.41) is 0.155. The van der Waals surface area contributed by atoms with Crippen LogP contribution < -0.4 is 0 Å². The van der Waals surface area contributed by atoms with Gasteiger partial charge in [0.15, 0.2) is 0 Å². The van der Waals surface area contributed by atoms with Gasteiger partial charge in [0, 0.05) is 9.75 Å². The van der Waals surface area contributed by atoms with Crippen LogP contribution in [0, 0.1) is 19.8 Å². The van der Waals surface area contributed by atoms with E-state index in [2.05, 4.69) is 44.2 Å². The Morgan fingerprint density at radius 3 is 2.28 bits per heavy atom. The first-order valence-corrected chi connectivity index (χ1v) is 7.68. The summed E-state index contributed by atoms with van der Waals surface area (Å²) >= 11 is 8.58. The first kappa shape index (κ1) is 12.3. The lowest BCUT2D eigenvalue weighted by atomic mass is 9.96. The highest BCUT2D eigenvalue weighted by Crippen LogP contribution is 2.41. The second-order valence-electron chi connectivity index (χ2n) is 5.21. The predicted octanol–water partition coefficient (Wildman–Crippen LogP) is 5.06. The van der Waals surface area contributed by atoms with Crippen molar-refractivity contribution in [1.29, 1.82) is 0 Å². The van der Waals surface area contributed by atoms with Gasteiger partial charge in [-0.15, -0.1) is 22.9 Å². The van der Waals surface area contributed by atoms with E-state index in [1.54, 1.807) is 0 Å². The highest BCUT2D eigenvalue weighted by molar-refractivity contribution is 7.12. The number of benzene rings is 1. The van der Waals surface area contributed by atoms with Crippen LogP contribution in [0.4, 0.5) is 0 Å². The average molecular weight is 277 g/mol. The Kier molecular flexibility index (Phi) is 3.21. The molecule has 0 saturated heterocycles. The fourth-order valence-electron chi connectivity index (χ4n) is 2.98. The smallest absolute Gasteiger partial charge is 0.0630 e. The molecule has 0 saturated carbocycles. The van der Waals surface area contributed by atoms with Gasteiger partial charge in [0.1, 0.15) is 0 Å². The van der Waals surface area contributed by atoms with Crippen LogP contribution in [0.5, 0.6) is 0 Å². The molecule has 2 heteroatoms. The molecule has 0 bridgehead atoms. The number of hydrogen-bond donors (Lipinski definition) is 0. The molecule has 0 N–H and O–H groups in total. The maximum absolute atomic E-state index is 6.73. The molecule has 1 aliphatic rings. The van der Waals surface area contributed by atoms with E-state index in [1.807, 2.05) is 11.3 Å². The standard InChI is InChI=1S/C16H17ClS/c1-10-7-15(11(2)18-10)16(17)14-8-12-5-3-4-6-13(12)9-14/h3-7,14,16H,8-9H2,1-2H3. The first-order chi connectivity index (χ1) is 8.65. The Morgan fingerprint density at radius 2 is 1.78 bits per heavy atom. The minimum absolute atomic E-state index is 0.155. The molecule has 1 unspecified atom stereocenters. The van der Waals surface area contributed by atoms with E-state index in [4.69, 9.17) is 11.6 Å². The summed E-state index contributed by atoms with van der Waals surface area (Å²) in [6, 6.07) is 11.0. The Morgan fingerprint density at radius 1 is 1.17 bits per heavy atom. The summed E-state index contributed by atoms with van der Waals surface area (Å²) in [6.07, 6.45) is 2.25. The number of hydrogen-bond acceptors (Lipinski definition) is 1. The van der Waals surface area contributed by atoms with Crippen LogP contribution >= 0.6 is 22.9 Å². The van der Waals surface area contributed by atoms with Crippen molar-refractivity contribution in [3.63, 3.8) is 0 Å². The lowest BCUT2D eigenvalue weighted by Crippen LogP contribution is -2.08. The zero-order valence-electron chi connectivity index (χ0n) is 10.7. The van der Waals surface area contributed by atoms with Crippen molar-refractivity contribution in [3.05, 3.63) is 56.8 Å². The van der Waals surface area contributed by atoms with Crippen LogP contribution in [0.2, 0.25) is 0 Å². The van der Waals surface area contributed by atoms with Gasteiger partial charge in [0.05, 0.1) is 5.38 Å². The van der Waals surface area contributed by atoms with Gasteiger partial charge in [-0.05, 0) is 55.4 Å². The normalized spacial score (nSPS) is 16.8. The van der Waals surface area contributed by atoms with Crippen molar-refractivity contribution >= 4 is 22.9 Å². The lowest BCUT2D eigenvalue weighted by molar-refractivity contribution is 0.540. The Balaban J connectivity index is 1.84.